The van der Waals surface area contributed by atoms with Gasteiger partial charge in [0.15, 0.2) is 0 Å². The van der Waals surface area contributed by atoms with E-state index in [0.29, 0.717) is 5.92 Å². The van der Waals surface area contributed by atoms with Crippen molar-refractivity contribution in [1.82, 2.24) is 4.90 Å². The molecule has 1 heterocycles. The summed E-state index contributed by atoms with van der Waals surface area (Å²) in [5, 5.41) is 17.0. The molecule has 1 aliphatic heterocycles. The van der Waals surface area contributed by atoms with Crippen molar-refractivity contribution in [3.8, 4) is 0 Å². The van der Waals surface area contributed by atoms with E-state index in [1.54, 1.807) is 0 Å². The number of hydrogen-bond acceptors (Lipinski definition) is 3. The summed E-state index contributed by atoms with van der Waals surface area (Å²) in [6.45, 7) is 4.88. The number of nitrogen functional groups attached to an aromatic ring is 1. The SMILES string of the molecule is CC1CN(Cc2ccc(C(=N)N)cc2)CCC1O. The van der Waals surface area contributed by atoms with Crippen LogP contribution in [0.25, 0.3) is 0 Å². The predicted molar refractivity (Wildman–Crippen MR) is 72.5 cm³/mol. The summed E-state index contributed by atoms with van der Waals surface area (Å²) in [6.07, 6.45) is 0.702. The highest BCUT2D eigenvalue weighted by Gasteiger charge is 2.23. The monoisotopic (exact) mass is 247 g/mol. The van der Waals surface area contributed by atoms with Gasteiger partial charge in [-0.15, -0.1) is 0 Å². The number of nitrogens with one attached hydrogen (secondary N) is 1. The Labute approximate surface area is 108 Å². The molecular formula is C14H21N3O. The van der Waals surface area contributed by atoms with E-state index in [1.165, 1.54) is 5.56 Å². The van der Waals surface area contributed by atoms with Gasteiger partial charge in [0.1, 0.15) is 5.84 Å². The second kappa shape index (κ2) is 5.50. The second-order valence-electron chi connectivity index (χ2n) is 5.18. The van der Waals surface area contributed by atoms with Crippen molar-refractivity contribution in [3.05, 3.63) is 35.4 Å². The van der Waals surface area contributed by atoms with Crippen LogP contribution in [-0.4, -0.2) is 35.0 Å². The van der Waals surface area contributed by atoms with Gasteiger partial charge in [-0.25, -0.2) is 0 Å². The van der Waals surface area contributed by atoms with Gasteiger partial charge in [-0.3, -0.25) is 10.3 Å². The summed E-state index contributed by atoms with van der Waals surface area (Å²) in [5.41, 5.74) is 7.42. The molecule has 2 rings (SSSR count). The van der Waals surface area contributed by atoms with Gasteiger partial charge in [-0.2, -0.15) is 0 Å². The molecule has 4 N–H and O–H groups in total. The Hall–Kier alpha value is -1.39. The van der Waals surface area contributed by atoms with Crippen molar-refractivity contribution in [2.45, 2.75) is 26.0 Å². The van der Waals surface area contributed by atoms with Gasteiger partial charge in [-0.1, -0.05) is 31.2 Å². The van der Waals surface area contributed by atoms with E-state index in [1.807, 2.05) is 24.3 Å². The summed E-state index contributed by atoms with van der Waals surface area (Å²) in [6, 6.07) is 7.82. The first-order chi connectivity index (χ1) is 8.56. The lowest BCUT2D eigenvalue weighted by molar-refractivity contribution is 0.0320. The van der Waals surface area contributed by atoms with E-state index in [-0.39, 0.29) is 11.9 Å². The number of nitrogens with two attached hydrogens (primary N) is 1. The van der Waals surface area contributed by atoms with Crippen molar-refractivity contribution in [2.24, 2.45) is 11.7 Å². The van der Waals surface area contributed by atoms with Crippen LogP contribution in [0.2, 0.25) is 0 Å². The Kier molecular flexibility index (Phi) is 3.99. The minimum Gasteiger partial charge on any atom is -0.393 e. The lowest BCUT2D eigenvalue weighted by Crippen LogP contribution is -2.41. The van der Waals surface area contributed by atoms with Crippen LogP contribution >= 0.6 is 0 Å². The molecule has 98 valence electrons. The zero-order valence-electron chi connectivity index (χ0n) is 10.8. The molecule has 0 aliphatic carbocycles. The number of aliphatic hydroxyl groups is 1. The molecule has 2 unspecified atom stereocenters. The van der Waals surface area contributed by atoms with Gasteiger partial charge in [-0.05, 0) is 17.9 Å². The van der Waals surface area contributed by atoms with Crippen molar-refractivity contribution >= 4 is 5.84 Å². The zero-order valence-corrected chi connectivity index (χ0v) is 10.8. The van der Waals surface area contributed by atoms with Crippen LogP contribution in [0.15, 0.2) is 24.3 Å². The van der Waals surface area contributed by atoms with Gasteiger partial charge in [0, 0.05) is 25.2 Å². The zero-order chi connectivity index (χ0) is 13.1. The minimum absolute atomic E-state index is 0.108. The highest BCUT2D eigenvalue weighted by molar-refractivity contribution is 5.94. The standard InChI is InChI=1S/C14H21N3O/c1-10-8-17(7-6-13(10)18)9-11-2-4-12(5-3-11)14(15)16/h2-5,10,13,18H,6-9H2,1H3,(H3,15,16). The van der Waals surface area contributed by atoms with E-state index in [9.17, 15) is 5.11 Å². The average molecular weight is 247 g/mol. The first kappa shape index (κ1) is 13.1. The molecule has 1 aliphatic rings. The first-order valence-corrected chi connectivity index (χ1v) is 6.40. The summed E-state index contributed by atoms with van der Waals surface area (Å²) >= 11 is 0. The molecule has 18 heavy (non-hydrogen) atoms. The summed E-state index contributed by atoms with van der Waals surface area (Å²) in [7, 11) is 0. The lowest BCUT2D eigenvalue weighted by Gasteiger charge is -2.34. The largest absolute Gasteiger partial charge is 0.393 e. The molecule has 0 spiro atoms. The van der Waals surface area contributed by atoms with E-state index < -0.39 is 0 Å². The van der Waals surface area contributed by atoms with Crippen molar-refractivity contribution in [2.75, 3.05) is 13.1 Å². The topological polar surface area (TPSA) is 73.3 Å². The van der Waals surface area contributed by atoms with E-state index in [0.717, 1.165) is 31.6 Å². The van der Waals surface area contributed by atoms with Gasteiger partial charge in [0.05, 0.1) is 6.10 Å². The Morgan fingerprint density at radius 3 is 2.67 bits per heavy atom. The van der Waals surface area contributed by atoms with Crippen molar-refractivity contribution in [3.63, 3.8) is 0 Å². The molecule has 0 saturated carbocycles. The fraction of sp³-hybridized carbons (Fsp3) is 0.500. The smallest absolute Gasteiger partial charge is 0.122 e. The molecule has 0 bridgehead atoms. The number of nitrogens with zero attached hydrogens (tertiary/aromatic N) is 1. The maximum Gasteiger partial charge on any atom is 0.122 e. The Balaban J connectivity index is 1.95. The van der Waals surface area contributed by atoms with Crippen LogP contribution < -0.4 is 5.73 Å². The Morgan fingerprint density at radius 2 is 2.11 bits per heavy atom. The lowest BCUT2D eigenvalue weighted by atomic mass is 9.96. The summed E-state index contributed by atoms with van der Waals surface area (Å²) in [5.74, 6) is 0.450. The average Bonchev–Trinajstić information content (AvgIpc) is 2.34. The second-order valence-corrected chi connectivity index (χ2v) is 5.18. The van der Waals surface area contributed by atoms with Gasteiger partial charge in [0.2, 0.25) is 0 Å². The highest BCUT2D eigenvalue weighted by atomic mass is 16.3. The third kappa shape index (κ3) is 3.09. The van der Waals surface area contributed by atoms with Gasteiger partial charge < -0.3 is 10.8 Å². The van der Waals surface area contributed by atoms with Crippen LogP contribution in [0.1, 0.15) is 24.5 Å². The number of hydrogen-bond donors (Lipinski definition) is 3. The van der Waals surface area contributed by atoms with E-state index in [2.05, 4.69) is 11.8 Å². The summed E-state index contributed by atoms with van der Waals surface area (Å²) < 4.78 is 0. The van der Waals surface area contributed by atoms with Crippen LogP contribution in [0, 0.1) is 11.3 Å². The van der Waals surface area contributed by atoms with E-state index >= 15 is 0 Å². The number of aliphatic hydroxyl groups excluding tert-OH is 1. The molecule has 0 radical (unpaired) electrons. The fourth-order valence-corrected chi connectivity index (χ4v) is 2.41. The molecule has 1 fully saturated rings. The van der Waals surface area contributed by atoms with Crippen LogP contribution in [0.4, 0.5) is 0 Å². The quantitative estimate of drug-likeness (QED) is 0.554. The van der Waals surface area contributed by atoms with E-state index in [4.69, 9.17) is 11.1 Å². The molecule has 4 heteroatoms. The molecule has 4 nitrogen and oxygen atoms in total. The molecule has 1 aromatic carbocycles. The molecule has 0 amide bonds. The van der Waals surface area contributed by atoms with Gasteiger partial charge in [0.25, 0.3) is 0 Å². The number of rotatable bonds is 3. The normalized spacial score (nSPS) is 25.0. The maximum absolute atomic E-state index is 9.69. The predicted octanol–water partition coefficient (Wildman–Crippen LogP) is 1.17. The molecule has 0 aromatic heterocycles. The number of piperidine rings is 1. The number of amidine groups is 1. The first-order valence-electron chi connectivity index (χ1n) is 6.40. The summed E-state index contributed by atoms with van der Waals surface area (Å²) in [4.78, 5) is 2.36. The fourth-order valence-electron chi connectivity index (χ4n) is 2.41. The molecular weight excluding hydrogens is 226 g/mol. The highest BCUT2D eigenvalue weighted by Crippen LogP contribution is 2.18. The van der Waals surface area contributed by atoms with Crippen LogP contribution in [0.3, 0.4) is 0 Å². The Morgan fingerprint density at radius 1 is 1.44 bits per heavy atom. The van der Waals surface area contributed by atoms with Gasteiger partial charge >= 0.3 is 0 Å². The van der Waals surface area contributed by atoms with Crippen LogP contribution in [0.5, 0.6) is 0 Å². The number of benzene rings is 1. The van der Waals surface area contributed by atoms with Crippen molar-refractivity contribution in [1.29, 1.82) is 5.41 Å². The number of likely N-dealkylation sites (tertiary alicyclic amines) is 1. The van der Waals surface area contributed by atoms with Crippen molar-refractivity contribution < 1.29 is 5.11 Å². The third-order valence-electron chi connectivity index (χ3n) is 3.62. The molecule has 2 atom stereocenters. The van der Waals surface area contributed by atoms with Crippen LogP contribution in [-0.2, 0) is 6.54 Å². The third-order valence-corrected chi connectivity index (χ3v) is 3.62. The molecule has 1 aromatic rings. The minimum atomic E-state index is -0.152. The maximum atomic E-state index is 9.69. The molecule has 1 saturated heterocycles. The Bertz CT molecular complexity index is 416.